The van der Waals surface area contributed by atoms with E-state index in [1.54, 1.807) is 12.1 Å². The number of sulfonamides is 1. The van der Waals surface area contributed by atoms with Crippen LogP contribution in [0.3, 0.4) is 0 Å². The van der Waals surface area contributed by atoms with Crippen molar-refractivity contribution in [3.63, 3.8) is 0 Å². The summed E-state index contributed by atoms with van der Waals surface area (Å²) in [6.45, 7) is 1.91. The number of hydrogen-bond donors (Lipinski definition) is 2. The minimum Gasteiger partial charge on any atom is -0.393 e. The van der Waals surface area contributed by atoms with Gasteiger partial charge in [-0.05, 0) is 48.9 Å². The quantitative estimate of drug-likeness (QED) is 0.787. The zero-order valence-electron chi connectivity index (χ0n) is 11.6. The molecule has 1 unspecified atom stereocenters. The molecule has 0 aliphatic heterocycles. The summed E-state index contributed by atoms with van der Waals surface area (Å²) in [5.41, 5.74) is 7.91. The molecule has 20 heavy (non-hydrogen) atoms. The fourth-order valence-corrected chi connectivity index (χ4v) is 4.09. The maximum absolute atomic E-state index is 12.4. The lowest BCUT2D eigenvalue weighted by Crippen LogP contribution is -2.37. The van der Waals surface area contributed by atoms with Crippen LogP contribution in [0.25, 0.3) is 0 Å². The van der Waals surface area contributed by atoms with Gasteiger partial charge in [0.25, 0.3) is 0 Å². The lowest BCUT2D eigenvalue weighted by molar-refractivity contribution is 0.546. The van der Waals surface area contributed by atoms with Gasteiger partial charge in [-0.25, -0.2) is 13.1 Å². The third kappa shape index (κ3) is 3.56. The first kappa shape index (κ1) is 15.4. The van der Waals surface area contributed by atoms with Crippen LogP contribution in [-0.4, -0.2) is 19.4 Å². The van der Waals surface area contributed by atoms with Gasteiger partial charge < -0.3 is 5.73 Å². The Morgan fingerprint density at radius 1 is 1.40 bits per heavy atom. The summed E-state index contributed by atoms with van der Waals surface area (Å²) in [6.07, 6.45) is 4.15. The van der Waals surface area contributed by atoms with E-state index in [9.17, 15) is 8.42 Å². The number of benzene rings is 1. The van der Waals surface area contributed by atoms with E-state index in [1.807, 2.05) is 13.0 Å². The fourth-order valence-electron chi connectivity index (χ4n) is 2.51. The smallest absolute Gasteiger partial charge is 0.240 e. The summed E-state index contributed by atoms with van der Waals surface area (Å²) in [4.78, 5) is 0.660. The van der Waals surface area contributed by atoms with Crippen molar-refractivity contribution < 1.29 is 8.42 Å². The number of hydrogen-bond acceptors (Lipinski definition) is 3. The topological polar surface area (TPSA) is 72.2 Å². The van der Waals surface area contributed by atoms with Crippen molar-refractivity contribution in [2.24, 2.45) is 5.73 Å². The lowest BCUT2D eigenvalue weighted by atomic mass is 10.1. The van der Waals surface area contributed by atoms with Crippen LogP contribution in [0, 0.1) is 0 Å². The molecule has 0 aromatic heterocycles. The third-order valence-electron chi connectivity index (χ3n) is 3.64. The summed E-state index contributed by atoms with van der Waals surface area (Å²) in [7, 11) is -3.50. The Kier molecular flexibility index (Phi) is 4.78. The van der Waals surface area contributed by atoms with E-state index in [0.29, 0.717) is 22.7 Å². The van der Waals surface area contributed by atoms with Gasteiger partial charge in [0.1, 0.15) is 0 Å². The van der Waals surface area contributed by atoms with E-state index < -0.39 is 10.0 Å². The molecule has 0 fully saturated rings. The second-order valence-corrected chi connectivity index (χ2v) is 7.42. The molecule has 4 nitrogen and oxygen atoms in total. The Labute approximate surface area is 125 Å². The van der Waals surface area contributed by atoms with Gasteiger partial charge in [0.05, 0.1) is 9.88 Å². The van der Waals surface area contributed by atoms with E-state index in [0.717, 1.165) is 24.8 Å². The fraction of sp³-hybridized carbons (Fsp3) is 0.500. The average Bonchev–Trinajstić information content (AvgIpc) is 2.84. The van der Waals surface area contributed by atoms with Crippen LogP contribution in [0.4, 0.5) is 0 Å². The van der Waals surface area contributed by atoms with Crippen LogP contribution in [0.15, 0.2) is 23.1 Å². The highest BCUT2D eigenvalue weighted by molar-refractivity contribution is 7.89. The van der Waals surface area contributed by atoms with E-state index in [-0.39, 0.29) is 6.04 Å². The van der Waals surface area contributed by atoms with Gasteiger partial charge in [-0.3, -0.25) is 0 Å². The van der Waals surface area contributed by atoms with Crippen molar-refractivity contribution in [1.82, 2.24) is 4.72 Å². The lowest BCUT2D eigenvalue weighted by Gasteiger charge is -2.16. The summed E-state index contributed by atoms with van der Waals surface area (Å²) in [5.74, 6) is 0. The maximum Gasteiger partial charge on any atom is 0.240 e. The molecule has 0 saturated carbocycles. The molecule has 1 atom stereocenters. The Balaban J connectivity index is 2.19. The number of rotatable bonds is 6. The SMILES string of the molecule is CCC(CC(N)=S)NS(=O)(=O)c1ccc2c(c1)CCC2. The van der Waals surface area contributed by atoms with Gasteiger partial charge in [0.2, 0.25) is 10.0 Å². The Hall–Kier alpha value is -0.980. The molecular weight excluding hydrogens is 292 g/mol. The standard InChI is InChI=1S/C14H20N2O2S2/c1-2-12(9-14(15)19)16-20(17,18)13-7-6-10-4-3-5-11(10)8-13/h6-8,12,16H,2-5,9H2,1H3,(H2,15,19). The Bertz CT molecular complexity index is 612. The van der Waals surface area contributed by atoms with Crippen molar-refractivity contribution >= 4 is 27.2 Å². The van der Waals surface area contributed by atoms with Crippen molar-refractivity contribution in [3.05, 3.63) is 29.3 Å². The second kappa shape index (κ2) is 6.20. The minimum absolute atomic E-state index is 0.245. The molecule has 0 amide bonds. The molecule has 1 aliphatic rings. The Morgan fingerprint density at radius 3 is 2.75 bits per heavy atom. The molecule has 0 spiro atoms. The van der Waals surface area contributed by atoms with Crippen molar-refractivity contribution in [1.29, 1.82) is 0 Å². The summed E-state index contributed by atoms with van der Waals surface area (Å²) >= 11 is 4.85. The molecule has 110 valence electrons. The number of nitrogens with one attached hydrogen (secondary N) is 1. The van der Waals surface area contributed by atoms with Crippen LogP contribution in [0.5, 0.6) is 0 Å². The highest BCUT2D eigenvalue weighted by atomic mass is 32.2. The van der Waals surface area contributed by atoms with E-state index in [2.05, 4.69) is 4.72 Å². The number of nitrogens with two attached hydrogens (primary N) is 1. The summed E-state index contributed by atoms with van der Waals surface area (Å²) < 4.78 is 27.5. The van der Waals surface area contributed by atoms with Crippen LogP contribution in [0.1, 0.15) is 37.3 Å². The zero-order valence-corrected chi connectivity index (χ0v) is 13.2. The van der Waals surface area contributed by atoms with E-state index in [4.69, 9.17) is 18.0 Å². The molecule has 0 radical (unpaired) electrons. The number of aryl methyl sites for hydroxylation is 2. The van der Waals surface area contributed by atoms with Crippen molar-refractivity contribution in [2.45, 2.75) is 50.0 Å². The largest absolute Gasteiger partial charge is 0.393 e. The van der Waals surface area contributed by atoms with E-state index in [1.165, 1.54) is 5.56 Å². The van der Waals surface area contributed by atoms with Gasteiger partial charge in [-0.15, -0.1) is 0 Å². The predicted molar refractivity (Wildman–Crippen MR) is 84.3 cm³/mol. The molecule has 0 heterocycles. The highest BCUT2D eigenvalue weighted by Crippen LogP contribution is 2.24. The molecule has 6 heteroatoms. The average molecular weight is 312 g/mol. The molecular formula is C14H20N2O2S2. The predicted octanol–water partition coefficient (Wildman–Crippen LogP) is 1.91. The van der Waals surface area contributed by atoms with Crippen LogP contribution in [0.2, 0.25) is 0 Å². The van der Waals surface area contributed by atoms with Crippen LogP contribution < -0.4 is 10.5 Å². The van der Waals surface area contributed by atoms with Gasteiger partial charge in [0, 0.05) is 12.5 Å². The molecule has 3 N–H and O–H groups in total. The first-order valence-electron chi connectivity index (χ1n) is 6.85. The van der Waals surface area contributed by atoms with Crippen molar-refractivity contribution in [3.8, 4) is 0 Å². The Morgan fingerprint density at radius 2 is 2.10 bits per heavy atom. The first-order chi connectivity index (χ1) is 9.42. The van der Waals surface area contributed by atoms with Gasteiger partial charge in [0.15, 0.2) is 0 Å². The monoisotopic (exact) mass is 312 g/mol. The molecule has 2 rings (SSSR count). The third-order valence-corrected chi connectivity index (χ3v) is 5.33. The molecule has 1 aliphatic carbocycles. The summed E-state index contributed by atoms with van der Waals surface area (Å²) in [6, 6.07) is 5.15. The minimum atomic E-state index is -3.50. The molecule has 0 bridgehead atoms. The highest BCUT2D eigenvalue weighted by Gasteiger charge is 2.21. The van der Waals surface area contributed by atoms with Gasteiger partial charge in [-0.2, -0.15) is 0 Å². The molecule has 1 aromatic carbocycles. The first-order valence-corrected chi connectivity index (χ1v) is 8.74. The second-order valence-electron chi connectivity index (χ2n) is 5.18. The zero-order chi connectivity index (χ0) is 14.8. The maximum atomic E-state index is 12.4. The molecule has 1 aromatic rings. The normalized spacial score (nSPS) is 15.8. The van der Waals surface area contributed by atoms with Crippen LogP contribution >= 0.6 is 12.2 Å². The molecule has 0 saturated heterocycles. The van der Waals surface area contributed by atoms with E-state index >= 15 is 0 Å². The summed E-state index contributed by atoms with van der Waals surface area (Å²) in [5, 5.41) is 0. The van der Waals surface area contributed by atoms with Gasteiger partial charge >= 0.3 is 0 Å². The van der Waals surface area contributed by atoms with Crippen LogP contribution in [-0.2, 0) is 22.9 Å². The number of fused-ring (bicyclic) bond motifs is 1. The van der Waals surface area contributed by atoms with Gasteiger partial charge in [-0.1, -0.05) is 25.2 Å². The number of thiocarbonyl (C=S) groups is 1. The van der Waals surface area contributed by atoms with Crippen molar-refractivity contribution in [2.75, 3.05) is 0 Å².